The quantitative estimate of drug-likeness (QED) is 0.591. The summed E-state index contributed by atoms with van der Waals surface area (Å²) in [6.45, 7) is 11.0. The van der Waals surface area contributed by atoms with Crippen molar-refractivity contribution >= 4 is 17.3 Å². The average molecular weight is 473 g/mol. The zero-order chi connectivity index (χ0) is 24.7. The molecule has 0 radical (unpaired) electrons. The Hall–Kier alpha value is -2.96. The standard InChI is InChI=1S/C25H33FN2O2.C2H4O2/c1-4-29-22-11-12-23(26)24(17-22)28-16-13-25(18(2)19(28)3)30-21-9-7-20(8-10-21)27-14-5-6-15-27;1-2(3)4/h7-12,17-19,25H,4-6,13-16H2,1-3H3;1H3,(H,3,4). The number of aliphatic carboxylic acids is 1. The third kappa shape index (κ3) is 6.55. The maximum atomic E-state index is 14.6. The number of benzene rings is 2. The van der Waals surface area contributed by atoms with E-state index in [4.69, 9.17) is 19.4 Å². The molecule has 34 heavy (non-hydrogen) atoms. The van der Waals surface area contributed by atoms with E-state index in [-0.39, 0.29) is 23.9 Å². The van der Waals surface area contributed by atoms with Crippen LogP contribution in [0.15, 0.2) is 42.5 Å². The van der Waals surface area contributed by atoms with Crippen LogP contribution in [0.3, 0.4) is 0 Å². The minimum atomic E-state index is -0.833. The molecule has 2 heterocycles. The van der Waals surface area contributed by atoms with Gasteiger partial charge in [0, 0.05) is 56.7 Å². The van der Waals surface area contributed by atoms with Gasteiger partial charge in [-0.1, -0.05) is 6.92 Å². The molecule has 2 saturated heterocycles. The Morgan fingerprint density at radius 3 is 2.29 bits per heavy atom. The second kappa shape index (κ2) is 12.0. The monoisotopic (exact) mass is 472 g/mol. The van der Waals surface area contributed by atoms with E-state index in [1.807, 2.05) is 13.0 Å². The predicted octanol–water partition coefficient (Wildman–Crippen LogP) is 5.60. The van der Waals surface area contributed by atoms with Crippen molar-refractivity contribution in [1.82, 2.24) is 0 Å². The van der Waals surface area contributed by atoms with Gasteiger partial charge in [0.2, 0.25) is 0 Å². The molecule has 0 spiro atoms. The van der Waals surface area contributed by atoms with E-state index in [9.17, 15) is 4.39 Å². The lowest BCUT2D eigenvalue weighted by Gasteiger charge is -2.44. The Bertz CT molecular complexity index is 927. The summed E-state index contributed by atoms with van der Waals surface area (Å²) in [6.07, 6.45) is 3.53. The topological polar surface area (TPSA) is 62.2 Å². The van der Waals surface area contributed by atoms with Crippen LogP contribution in [0, 0.1) is 11.7 Å². The first-order valence-corrected chi connectivity index (χ1v) is 12.2. The summed E-state index contributed by atoms with van der Waals surface area (Å²) in [5, 5.41) is 7.42. The SMILES string of the molecule is CC(=O)O.CCOc1ccc(F)c(N2CCC(Oc3ccc(N4CCCC4)cc3)C(C)C2C)c1. The number of nitrogens with zero attached hydrogens (tertiary/aromatic N) is 2. The van der Waals surface area contributed by atoms with Gasteiger partial charge >= 0.3 is 0 Å². The number of hydrogen-bond donors (Lipinski definition) is 1. The van der Waals surface area contributed by atoms with E-state index in [0.29, 0.717) is 18.0 Å². The van der Waals surface area contributed by atoms with E-state index >= 15 is 0 Å². The van der Waals surface area contributed by atoms with Gasteiger partial charge in [-0.2, -0.15) is 0 Å². The molecule has 3 unspecified atom stereocenters. The molecule has 6 nitrogen and oxygen atoms in total. The van der Waals surface area contributed by atoms with Gasteiger partial charge < -0.3 is 24.4 Å². The van der Waals surface area contributed by atoms with Gasteiger partial charge in [0.15, 0.2) is 0 Å². The number of halogens is 1. The summed E-state index contributed by atoms with van der Waals surface area (Å²) in [6, 6.07) is 13.7. The molecule has 2 fully saturated rings. The predicted molar refractivity (Wildman–Crippen MR) is 134 cm³/mol. The molecule has 0 amide bonds. The van der Waals surface area contributed by atoms with Crippen LogP contribution >= 0.6 is 0 Å². The third-order valence-electron chi connectivity index (χ3n) is 6.63. The molecular formula is C27H37FN2O4. The van der Waals surface area contributed by atoms with Crippen molar-refractivity contribution in [3.8, 4) is 11.5 Å². The van der Waals surface area contributed by atoms with Crippen LogP contribution in [0.4, 0.5) is 15.8 Å². The number of carbonyl (C=O) groups is 1. The van der Waals surface area contributed by atoms with E-state index in [2.05, 4.69) is 47.9 Å². The number of carboxylic acids is 1. The summed E-state index contributed by atoms with van der Waals surface area (Å²) < 4.78 is 26.5. The highest BCUT2D eigenvalue weighted by Crippen LogP contribution is 2.35. The summed E-state index contributed by atoms with van der Waals surface area (Å²) >= 11 is 0. The summed E-state index contributed by atoms with van der Waals surface area (Å²) in [4.78, 5) is 13.6. The van der Waals surface area contributed by atoms with Crippen molar-refractivity contribution in [3.05, 3.63) is 48.3 Å². The molecule has 0 bridgehead atoms. The summed E-state index contributed by atoms with van der Waals surface area (Å²) in [7, 11) is 0. The molecule has 4 rings (SSSR count). The van der Waals surface area contributed by atoms with Gasteiger partial charge in [0.1, 0.15) is 23.4 Å². The molecule has 0 aliphatic carbocycles. The molecule has 2 aliphatic rings. The van der Waals surface area contributed by atoms with Crippen molar-refractivity contribution in [1.29, 1.82) is 0 Å². The van der Waals surface area contributed by atoms with Gasteiger partial charge in [-0.25, -0.2) is 4.39 Å². The average Bonchev–Trinajstić information content (AvgIpc) is 3.34. The smallest absolute Gasteiger partial charge is 0.300 e. The number of anilines is 2. The van der Waals surface area contributed by atoms with Crippen molar-refractivity contribution in [2.45, 2.75) is 59.1 Å². The first kappa shape index (κ1) is 25.7. The minimum Gasteiger partial charge on any atom is -0.494 e. The zero-order valence-corrected chi connectivity index (χ0v) is 20.7. The summed E-state index contributed by atoms with van der Waals surface area (Å²) in [5.41, 5.74) is 1.90. The molecule has 2 aromatic rings. The Morgan fingerprint density at radius 1 is 1.06 bits per heavy atom. The van der Waals surface area contributed by atoms with Gasteiger partial charge in [-0.3, -0.25) is 4.79 Å². The largest absolute Gasteiger partial charge is 0.494 e. The highest BCUT2D eigenvalue weighted by Gasteiger charge is 2.35. The Kier molecular flexibility index (Phi) is 9.02. The van der Waals surface area contributed by atoms with Crippen LogP contribution < -0.4 is 19.3 Å². The number of carboxylic acid groups (broad SMARTS) is 1. The first-order chi connectivity index (χ1) is 16.3. The maximum absolute atomic E-state index is 14.6. The number of ether oxygens (including phenoxy) is 2. The summed E-state index contributed by atoms with van der Waals surface area (Å²) in [5.74, 6) is 0.867. The van der Waals surface area contributed by atoms with Crippen LogP contribution in [0.25, 0.3) is 0 Å². The van der Waals surface area contributed by atoms with Crippen LogP contribution in [-0.2, 0) is 4.79 Å². The third-order valence-corrected chi connectivity index (χ3v) is 6.63. The molecular weight excluding hydrogens is 435 g/mol. The fourth-order valence-corrected chi connectivity index (χ4v) is 4.69. The van der Waals surface area contributed by atoms with Crippen LogP contribution in [-0.4, -0.2) is 49.5 Å². The lowest BCUT2D eigenvalue weighted by atomic mass is 9.88. The van der Waals surface area contributed by atoms with Crippen molar-refractivity contribution in [3.63, 3.8) is 0 Å². The highest BCUT2D eigenvalue weighted by atomic mass is 19.1. The molecule has 2 aromatic carbocycles. The highest BCUT2D eigenvalue weighted by molar-refractivity contribution is 5.63. The molecule has 1 N–H and O–H groups in total. The number of hydrogen-bond acceptors (Lipinski definition) is 5. The molecule has 7 heteroatoms. The minimum absolute atomic E-state index is 0.118. The molecule has 186 valence electrons. The fraction of sp³-hybridized carbons (Fsp3) is 0.519. The van der Waals surface area contributed by atoms with Crippen LogP contribution in [0.2, 0.25) is 0 Å². The second-order valence-corrected chi connectivity index (χ2v) is 8.99. The number of rotatable bonds is 6. The second-order valence-electron chi connectivity index (χ2n) is 8.99. The van der Waals surface area contributed by atoms with Gasteiger partial charge in [0.25, 0.3) is 5.97 Å². The van der Waals surface area contributed by atoms with E-state index < -0.39 is 5.97 Å². The maximum Gasteiger partial charge on any atom is 0.300 e. The zero-order valence-electron chi connectivity index (χ0n) is 20.7. The Morgan fingerprint density at radius 2 is 1.68 bits per heavy atom. The van der Waals surface area contributed by atoms with E-state index in [1.165, 1.54) is 24.6 Å². The van der Waals surface area contributed by atoms with Gasteiger partial charge in [0.05, 0.1) is 12.3 Å². The van der Waals surface area contributed by atoms with Crippen LogP contribution in [0.1, 0.15) is 47.0 Å². The lowest BCUT2D eigenvalue weighted by molar-refractivity contribution is -0.134. The van der Waals surface area contributed by atoms with Crippen molar-refractivity contribution < 1.29 is 23.8 Å². The van der Waals surface area contributed by atoms with E-state index in [1.54, 1.807) is 6.07 Å². The van der Waals surface area contributed by atoms with Crippen molar-refractivity contribution in [2.75, 3.05) is 36.0 Å². The Labute approximate surface area is 202 Å². The first-order valence-electron chi connectivity index (χ1n) is 12.2. The van der Waals surface area contributed by atoms with E-state index in [0.717, 1.165) is 38.7 Å². The van der Waals surface area contributed by atoms with Crippen LogP contribution in [0.5, 0.6) is 11.5 Å². The fourth-order valence-electron chi connectivity index (χ4n) is 4.69. The lowest BCUT2D eigenvalue weighted by Crippen LogP contribution is -2.51. The molecule has 3 atom stereocenters. The van der Waals surface area contributed by atoms with Crippen molar-refractivity contribution in [2.24, 2.45) is 5.92 Å². The number of piperidine rings is 1. The normalized spacial score (nSPS) is 22.1. The molecule has 2 aliphatic heterocycles. The molecule has 0 aromatic heterocycles. The molecule has 0 saturated carbocycles. The Balaban J connectivity index is 0.000000751. The van der Waals surface area contributed by atoms with Gasteiger partial charge in [-0.15, -0.1) is 0 Å². The van der Waals surface area contributed by atoms with Gasteiger partial charge in [-0.05, 0) is 63.1 Å².